The van der Waals surface area contributed by atoms with Gasteiger partial charge in [-0.2, -0.15) is 0 Å². The predicted molar refractivity (Wildman–Crippen MR) is 113 cm³/mol. The Hall–Kier alpha value is -3.59. The summed E-state index contributed by atoms with van der Waals surface area (Å²) in [5.41, 5.74) is 4.11. The highest BCUT2D eigenvalue weighted by Gasteiger charge is 2.02. The number of carboxylic acids is 1. The van der Waals surface area contributed by atoms with Gasteiger partial charge in [0.05, 0.1) is 0 Å². The smallest absolute Gasteiger partial charge is 0.328 e. The van der Waals surface area contributed by atoms with E-state index in [2.05, 4.69) is 6.08 Å². The van der Waals surface area contributed by atoms with Gasteiger partial charge in [0.25, 0.3) is 0 Å². The summed E-state index contributed by atoms with van der Waals surface area (Å²) >= 11 is 0. The molecular weight excluding hydrogens is 348 g/mol. The van der Waals surface area contributed by atoms with E-state index in [1.807, 2.05) is 84.9 Å². The first-order chi connectivity index (χ1) is 13.7. The molecule has 0 saturated carbocycles. The SMILES string of the molecule is O=C(O)/C=C/c1ccccc1C/C=C\c1ccccc1OCc1ccccc1. The largest absolute Gasteiger partial charge is 0.488 e. The predicted octanol–water partition coefficient (Wildman–Crippen LogP) is 5.62. The number of hydrogen-bond donors (Lipinski definition) is 1. The molecule has 3 heteroatoms. The number of carbonyl (C=O) groups is 1. The van der Waals surface area contributed by atoms with E-state index < -0.39 is 5.97 Å². The fourth-order valence-corrected chi connectivity index (χ4v) is 2.84. The number of aliphatic carboxylic acids is 1. The van der Waals surface area contributed by atoms with Gasteiger partial charge in [0.1, 0.15) is 12.4 Å². The van der Waals surface area contributed by atoms with Gasteiger partial charge in [0, 0.05) is 11.6 Å². The Kier molecular flexibility index (Phi) is 6.80. The summed E-state index contributed by atoms with van der Waals surface area (Å²) in [5.74, 6) is -0.114. The van der Waals surface area contributed by atoms with Crippen molar-refractivity contribution < 1.29 is 14.6 Å². The molecule has 0 heterocycles. The van der Waals surface area contributed by atoms with Crippen molar-refractivity contribution in [1.82, 2.24) is 0 Å². The van der Waals surface area contributed by atoms with Crippen LogP contribution in [0, 0.1) is 0 Å². The van der Waals surface area contributed by atoms with Crippen molar-refractivity contribution in [3.63, 3.8) is 0 Å². The molecule has 1 N–H and O–H groups in total. The van der Waals surface area contributed by atoms with Gasteiger partial charge in [-0.15, -0.1) is 0 Å². The quantitative estimate of drug-likeness (QED) is 0.524. The van der Waals surface area contributed by atoms with E-state index in [9.17, 15) is 4.79 Å². The van der Waals surface area contributed by atoms with Crippen molar-refractivity contribution >= 4 is 18.1 Å². The number of ether oxygens (including phenoxy) is 1. The van der Waals surface area contributed by atoms with Crippen LogP contribution in [0.4, 0.5) is 0 Å². The van der Waals surface area contributed by atoms with Crippen molar-refractivity contribution in [2.45, 2.75) is 13.0 Å². The van der Waals surface area contributed by atoms with Crippen molar-refractivity contribution in [2.75, 3.05) is 0 Å². The van der Waals surface area contributed by atoms with Crippen molar-refractivity contribution in [3.8, 4) is 5.75 Å². The molecular formula is C25H22O3. The lowest BCUT2D eigenvalue weighted by atomic mass is 10.0. The fourth-order valence-electron chi connectivity index (χ4n) is 2.84. The summed E-state index contributed by atoms with van der Waals surface area (Å²) in [5, 5.41) is 8.84. The molecule has 28 heavy (non-hydrogen) atoms. The molecule has 0 aromatic heterocycles. The highest BCUT2D eigenvalue weighted by molar-refractivity contribution is 5.85. The van der Waals surface area contributed by atoms with Gasteiger partial charge in [0.2, 0.25) is 0 Å². The van der Waals surface area contributed by atoms with E-state index >= 15 is 0 Å². The maximum Gasteiger partial charge on any atom is 0.328 e. The molecule has 0 aliphatic heterocycles. The molecule has 3 aromatic rings. The fraction of sp³-hybridized carbons (Fsp3) is 0.0800. The van der Waals surface area contributed by atoms with Crippen LogP contribution < -0.4 is 4.74 Å². The van der Waals surface area contributed by atoms with E-state index in [4.69, 9.17) is 9.84 Å². The molecule has 140 valence electrons. The zero-order valence-corrected chi connectivity index (χ0v) is 15.5. The third-order valence-electron chi connectivity index (χ3n) is 4.25. The molecule has 3 rings (SSSR count). The first kappa shape index (κ1) is 19.2. The number of hydrogen-bond acceptors (Lipinski definition) is 2. The molecule has 0 radical (unpaired) electrons. The summed E-state index contributed by atoms with van der Waals surface area (Å²) in [6, 6.07) is 25.8. The molecule has 3 nitrogen and oxygen atoms in total. The summed E-state index contributed by atoms with van der Waals surface area (Å²) in [7, 11) is 0. The molecule has 0 fully saturated rings. The first-order valence-corrected chi connectivity index (χ1v) is 9.13. The summed E-state index contributed by atoms with van der Waals surface area (Å²) in [6.45, 7) is 0.522. The monoisotopic (exact) mass is 370 g/mol. The van der Waals surface area contributed by atoms with E-state index in [0.29, 0.717) is 13.0 Å². The lowest BCUT2D eigenvalue weighted by Crippen LogP contribution is -1.96. The third kappa shape index (κ3) is 5.71. The Morgan fingerprint density at radius 2 is 1.50 bits per heavy atom. The lowest BCUT2D eigenvalue weighted by Gasteiger charge is -2.09. The molecule has 0 amide bonds. The standard InChI is InChI=1S/C25H22O3/c26-25(27)18-17-22-12-5-4-11-21(22)14-8-15-23-13-6-7-16-24(23)28-19-20-9-2-1-3-10-20/h1-13,15-18H,14,19H2,(H,26,27)/b15-8-,18-17+. The Labute approximate surface area is 165 Å². The van der Waals surface area contributed by atoms with Crippen LogP contribution in [0.1, 0.15) is 22.3 Å². The summed E-state index contributed by atoms with van der Waals surface area (Å²) in [6.07, 6.45) is 7.60. The van der Waals surface area contributed by atoms with Crippen LogP contribution in [-0.2, 0) is 17.8 Å². The zero-order chi connectivity index (χ0) is 19.6. The van der Waals surface area contributed by atoms with Gasteiger partial charge < -0.3 is 9.84 Å². The zero-order valence-electron chi connectivity index (χ0n) is 15.5. The van der Waals surface area contributed by atoms with E-state index in [1.54, 1.807) is 6.08 Å². The van der Waals surface area contributed by atoms with E-state index in [1.165, 1.54) is 0 Å². The van der Waals surface area contributed by atoms with Gasteiger partial charge in [-0.25, -0.2) is 4.79 Å². The van der Waals surface area contributed by atoms with Gasteiger partial charge in [-0.1, -0.05) is 84.9 Å². The summed E-state index contributed by atoms with van der Waals surface area (Å²) < 4.78 is 5.99. The number of para-hydroxylation sites is 1. The molecule has 0 atom stereocenters. The van der Waals surface area contributed by atoms with Crippen LogP contribution in [0.25, 0.3) is 12.2 Å². The molecule has 0 unspecified atom stereocenters. The molecule has 0 saturated heterocycles. The lowest BCUT2D eigenvalue weighted by molar-refractivity contribution is -0.131. The second-order valence-electron chi connectivity index (χ2n) is 6.29. The molecule has 3 aromatic carbocycles. The van der Waals surface area contributed by atoms with Gasteiger partial charge in [-0.3, -0.25) is 0 Å². The normalized spacial score (nSPS) is 11.1. The van der Waals surface area contributed by atoms with E-state index in [-0.39, 0.29) is 0 Å². The third-order valence-corrected chi connectivity index (χ3v) is 4.25. The van der Waals surface area contributed by atoms with Crippen LogP contribution in [0.15, 0.2) is 91.0 Å². The highest BCUT2D eigenvalue weighted by Crippen LogP contribution is 2.21. The van der Waals surface area contributed by atoms with Crippen molar-refractivity contribution in [3.05, 3.63) is 113 Å². The minimum Gasteiger partial charge on any atom is -0.488 e. The summed E-state index contributed by atoms with van der Waals surface area (Å²) in [4.78, 5) is 10.8. The van der Waals surface area contributed by atoms with Gasteiger partial charge >= 0.3 is 5.97 Å². The minimum absolute atomic E-state index is 0.522. The topological polar surface area (TPSA) is 46.5 Å². The van der Waals surface area contributed by atoms with Crippen LogP contribution in [0.5, 0.6) is 5.75 Å². The average molecular weight is 370 g/mol. The van der Waals surface area contributed by atoms with Gasteiger partial charge in [-0.05, 0) is 35.3 Å². The van der Waals surface area contributed by atoms with Crippen molar-refractivity contribution in [2.24, 2.45) is 0 Å². The number of rotatable bonds is 8. The number of allylic oxidation sites excluding steroid dienone is 1. The van der Waals surface area contributed by atoms with Crippen LogP contribution in [-0.4, -0.2) is 11.1 Å². The van der Waals surface area contributed by atoms with Crippen LogP contribution in [0.3, 0.4) is 0 Å². The van der Waals surface area contributed by atoms with Crippen LogP contribution in [0.2, 0.25) is 0 Å². The first-order valence-electron chi connectivity index (χ1n) is 9.13. The maximum absolute atomic E-state index is 10.8. The molecule has 0 aliphatic rings. The highest BCUT2D eigenvalue weighted by atomic mass is 16.5. The Morgan fingerprint density at radius 3 is 2.29 bits per heavy atom. The van der Waals surface area contributed by atoms with Gasteiger partial charge in [0.15, 0.2) is 0 Å². The minimum atomic E-state index is -0.949. The number of benzene rings is 3. The van der Waals surface area contributed by atoms with Crippen molar-refractivity contribution in [1.29, 1.82) is 0 Å². The molecule has 0 spiro atoms. The Bertz CT molecular complexity index is 972. The average Bonchev–Trinajstić information content (AvgIpc) is 2.73. The van der Waals surface area contributed by atoms with Crippen LogP contribution >= 0.6 is 0 Å². The maximum atomic E-state index is 10.8. The van der Waals surface area contributed by atoms with E-state index in [0.717, 1.165) is 34.1 Å². The second kappa shape index (κ2) is 9.93. The Morgan fingerprint density at radius 1 is 0.821 bits per heavy atom. The Balaban J connectivity index is 1.69. The molecule has 0 bridgehead atoms. The molecule has 0 aliphatic carbocycles. The second-order valence-corrected chi connectivity index (χ2v) is 6.29. The number of carboxylic acid groups (broad SMARTS) is 1.